The summed E-state index contributed by atoms with van der Waals surface area (Å²) in [6, 6.07) is 0. The van der Waals surface area contributed by atoms with Gasteiger partial charge in [-0.25, -0.2) is 0 Å². The second-order valence-corrected chi connectivity index (χ2v) is 5.07. The molecule has 1 aliphatic carbocycles. The number of nitrogens with one attached hydrogen (secondary N) is 1. The molecular formula is C12H19N3O2. The van der Waals surface area contributed by atoms with Crippen molar-refractivity contribution in [2.45, 2.75) is 43.6 Å². The minimum atomic E-state index is -0.294. The predicted molar refractivity (Wildman–Crippen MR) is 61.7 cm³/mol. The number of aromatic nitrogens is 2. The van der Waals surface area contributed by atoms with E-state index in [0.717, 1.165) is 37.6 Å². The van der Waals surface area contributed by atoms with Gasteiger partial charge < -0.3 is 14.6 Å². The molecule has 1 aromatic heterocycles. The van der Waals surface area contributed by atoms with Crippen LogP contribution in [0.1, 0.15) is 49.7 Å². The molecular weight excluding hydrogens is 218 g/mol. The van der Waals surface area contributed by atoms with Crippen LogP contribution in [0.3, 0.4) is 0 Å². The molecule has 5 heteroatoms. The van der Waals surface area contributed by atoms with Gasteiger partial charge in [0.2, 0.25) is 11.7 Å². The molecule has 1 saturated heterocycles. The third-order valence-corrected chi connectivity index (χ3v) is 4.03. The van der Waals surface area contributed by atoms with E-state index in [-0.39, 0.29) is 5.60 Å². The fourth-order valence-electron chi connectivity index (χ4n) is 2.69. The standard InChI is InChI=1S/C12H19N3O2/c1-16-12(5-3-2-4-6-12)11-14-10(17-15-11)9-7-13-8-9/h9,13H,2-8H2,1H3. The van der Waals surface area contributed by atoms with Crippen molar-refractivity contribution >= 4 is 0 Å². The van der Waals surface area contributed by atoms with Crippen LogP contribution in [0.5, 0.6) is 0 Å². The second kappa shape index (κ2) is 4.38. The molecule has 1 aromatic rings. The molecule has 0 radical (unpaired) electrons. The van der Waals surface area contributed by atoms with E-state index in [2.05, 4.69) is 15.5 Å². The number of nitrogens with zero attached hydrogens (tertiary/aromatic N) is 2. The van der Waals surface area contributed by atoms with E-state index in [1.165, 1.54) is 19.3 Å². The summed E-state index contributed by atoms with van der Waals surface area (Å²) in [5.41, 5.74) is -0.294. The minimum Gasteiger partial charge on any atom is -0.370 e. The molecule has 3 rings (SSSR count). The Morgan fingerprint density at radius 2 is 2.06 bits per heavy atom. The third-order valence-electron chi connectivity index (χ3n) is 4.03. The molecule has 0 atom stereocenters. The summed E-state index contributed by atoms with van der Waals surface area (Å²) in [4.78, 5) is 4.56. The van der Waals surface area contributed by atoms with Crippen molar-refractivity contribution < 1.29 is 9.26 Å². The van der Waals surface area contributed by atoms with Crippen LogP contribution < -0.4 is 5.32 Å². The van der Waals surface area contributed by atoms with Gasteiger partial charge in [0.05, 0.1) is 5.92 Å². The number of hydrogen-bond donors (Lipinski definition) is 1. The minimum absolute atomic E-state index is 0.294. The third kappa shape index (κ3) is 1.87. The van der Waals surface area contributed by atoms with Crippen molar-refractivity contribution in [2.24, 2.45) is 0 Å². The smallest absolute Gasteiger partial charge is 0.232 e. The van der Waals surface area contributed by atoms with Gasteiger partial charge in [0.25, 0.3) is 0 Å². The van der Waals surface area contributed by atoms with Gasteiger partial charge in [0, 0.05) is 20.2 Å². The molecule has 0 amide bonds. The van der Waals surface area contributed by atoms with Gasteiger partial charge in [-0.1, -0.05) is 24.4 Å². The van der Waals surface area contributed by atoms with Crippen LogP contribution in [-0.2, 0) is 10.3 Å². The molecule has 1 aliphatic heterocycles. The topological polar surface area (TPSA) is 60.2 Å². The quantitative estimate of drug-likeness (QED) is 0.864. The number of methoxy groups -OCH3 is 1. The van der Waals surface area contributed by atoms with Crippen LogP contribution in [-0.4, -0.2) is 30.3 Å². The second-order valence-electron chi connectivity index (χ2n) is 5.07. The van der Waals surface area contributed by atoms with Crippen LogP contribution in [0.2, 0.25) is 0 Å². The van der Waals surface area contributed by atoms with Crippen LogP contribution in [0.15, 0.2) is 4.52 Å². The lowest BCUT2D eigenvalue weighted by Crippen LogP contribution is -2.40. The van der Waals surface area contributed by atoms with Crippen molar-refractivity contribution in [1.29, 1.82) is 0 Å². The summed E-state index contributed by atoms with van der Waals surface area (Å²) in [6.45, 7) is 1.89. The van der Waals surface area contributed by atoms with E-state index in [9.17, 15) is 0 Å². The van der Waals surface area contributed by atoms with E-state index in [1.807, 2.05) is 0 Å². The van der Waals surface area contributed by atoms with Gasteiger partial charge in [0.15, 0.2) is 0 Å². The molecule has 0 spiro atoms. The Morgan fingerprint density at radius 3 is 2.65 bits per heavy atom. The first-order chi connectivity index (χ1) is 8.34. The number of ether oxygens (including phenoxy) is 1. The van der Waals surface area contributed by atoms with Gasteiger partial charge in [-0.3, -0.25) is 0 Å². The highest BCUT2D eigenvalue weighted by Gasteiger charge is 2.39. The Kier molecular flexibility index (Phi) is 2.88. The summed E-state index contributed by atoms with van der Waals surface area (Å²) in [7, 11) is 1.76. The van der Waals surface area contributed by atoms with Crippen LogP contribution in [0.25, 0.3) is 0 Å². The van der Waals surface area contributed by atoms with Crippen molar-refractivity contribution in [3.63, 3.8) is 0 Å². The van der Waals surface area contributed by atoms with Gasteiger partial charge in [0.1, 0.15) is 5.60 Å². The average molecular weight is 237 g/mol. The van der Waals surface area contributed by atoms with Crippen LogP contribution in [0.4, 0.5) is 0 Å². The molecule has 2 fully saturated rings. The predicted octanol–water partition coefficient (Wildman–Crippen LogP) is 1.56. The molecule has 0 aromatic carbocycles. The van der Waals surface area contributed by atoms with Crippen molar-refractivity contribution in [1.82, 2.24) is 15.5 Å². The van der Waals surface area contributed by atoms with Crippen molar-refractivity contribution in [3.05, 3.63) is 11.7 Å². The maximum atomic E-state index is 5.71. The highest BCUT2D eigenvalue weighted by Crippen LogP contribution is 2.38. The van der Waals surface area contributed by atoms with Gasteiger partial charge in [-0.05, 0) is 12.8 Å². The summed E-state index contributed by atoms with van der Waals surface area (Å²) < 4.78 is 11.1. The Bertz CT molecular complexity index is 381. The first-order valence-corrected chi connectivity index (χ1v) is 6.44. The zero-order valence-electron chi connectivity index (χ0n) is 10.2. The highest BCUT2D eigenvalue weighted by atomic mass is 16.5. The molecule has 1 saturated carbocycles. The molecule has 94 valence electrons. The molecule has 0 unspecified atom stereocenters. The zero-order chi connectivity index (χ0) is 11.7. The lowest BCUT2D eigenvalue weighted by atomic mass is 9.84. The Labute approximate surface area is 101 Å². The molecule has 0 bridgehead atoms. The summed E-state index contributed by atoms with van der Waals surface area (Å²) >= 11 is 0. The first kappa shape index (κ1) is 11.2. The molecule has 2 aliphatic rings. The molecule has 1 N–H and O–H groups in total. The highest BCUT2D eigenvalue weighted by molar-refractivity contribution is 5.07. The van der Waals surface area contributed by atoms with Gasteiger partial charge in [-0.15, -0.1) is 0 Å². The first-order valence-electron chi connectivity index (χ1n) is 6.44. The Morgan fingerprint density at radius 1 is 1.29 bits per heavy atom. The molecule has 5 nitrogen and oxygen atoms in total. The van der Waals surface area contributed by atoms with Gasteiger partial charge in [-0.2, -0.15) is 4.98 Å². The summed E-state index contributed by atoms with van der Waals surface area (Å²) in [5, 5.41) is 7.36. The Hall–Kier alpha value is -0.940. The Balaban J connectivity index is 1.82. The largest absolute Gasteiger partial charge is 0.370 e. The van der Waals surface area contributed by atoms with E-state index in [0.29, 0.717) is 5.92 Å². The molecule has 17 heavy (non-hydrogen) atoms. The normalized spacial score (nSPS) is 24.5. The van der Waals surface area contributed by atoms with E-state index in [4.69, 9.17) is 9.26 Å². The molecule has 2 heterocycles. The average Bonchev–Trinajstić information content (AvgIpc) is 2.77. The van der Waals surface area contributed by atoms with Crippen LogP contribution >= 0.6 is 0 Å². The number of hydrogen-bond acceptors (Lipinski definition) is 5. The monoisotopic (exact) mass is 237 g/mol. The van der Waals surface area contributed by atoms with E-state index >= 15 is 0 Å². The zero-order valence-corrected chi connectivity index (χ0v) is 10.2. The number of rotatable bonds is 3. The van der Waals surface area contributed by atoms with Crippen molar-refractivity contribution in [2.75, 3.05) is 20.2 Å². The lowest BCUT2D eigenvalue weighted by Gasteiger charge is -2.32. The van der Waals surface area contributed by atoms with Crippen molar-refractivity contribution in [3.8, 4) is 0 Å². The lowest BCUT2D eigenvalue weighted by molar-refractivity contribution is -0.0527. The maximum Gasteiger partial charge on any atom is 0.232 e. The fourth-order valence-corrected chi connectivity index (χ4v) is 2.69. The summed E-state index contributed by atoms with van der Waals surface area (Å²) in [6.07, 6.45) is 5.66. The SMILES string of the molecule is COC1(c2noc(C3CNC3)n2)CCCCC1. The fraction of sp³-hybridized carbons (Fsp3) is 0.833. The van der Waals surface area contributed by atoms with Gasteiger partial charge >= 0.3 is 0 Å². The van der Waals surface area contributed by atoms with E-state index in [1.54, 1.807) is 7.11 Å². The summed E-state index contributed by atoms with van der Waals surface area (Å²) in [5.74, 6) is 1.91. The maximum absolute atomic E-state index is 5.71. The van der Waals surface area contributed by atoms with E-state index < -0.39 is 0 Å². The van der Waals surface area contributed by atoms with Crippen LogP contribution in [0, 0.1) is 0 Å².